The van der Waals surface area contributed by atoms with Crippen molar-refractivity contribution in [3.8, 4) is 5.75 Å². The van der Waals surface area contributed by atoms with E-state index in [4.69, 9.17) is 4.74 Å². The number of benzene rings is 1. The smallest absolute Gasteiger partial charge is 0.245 e. The predicted molar refractivity (Wildman–Crippen MR) is 122 cm³/mol. The third kappa shape index (κ3) is 5.81. The quantitative estimate of drug-likeness (QED) is 0.635. The lowest BCUT2D eigenvalue weighted by Gasteiger charge is -2.32. The van der Waals surface area contributed by atoms with Crippen molar-refractivity contribution < 1.29 is 22.7 Å². The maximum absolute atomic E-state index is 12.9. The number of carbonyl (C=O) groups excluding carboxylic acids is 2. The van der Waals surface area contributed by atoms with Gasteiger partial charge >= 0.3 is 0 Å². The molecule has 0 unspecified atom stereocenters. The zero-order valence-electron chi connectivity index (χ0n) is 19.2. The van der Waals surface area contributed by atoms with E-state index in [1.807, 2.05) is 18.7 Å². The Morgan fingerprint density at radius 3 is 2.19 bits per heavy atom. The Kier molecular flexibility index (Phi) is 8.16. The SMILES string of the molecule is COc1ccc(S(=O)(=O)N2CCC(C(=O)N[C@H](CC(C)C)C(=O)N3CCCC3)CC2)cc1. The van der Waals surface area contributed by atoms with Crippen LogP contribution < -0.4 is 10.1 Å². The highest BCUT2D eigenvalue weighted by Gasteiger charge is 2.34. The van der Waals surface area contributed by atoms with Crippen molar-refractivity contribution in [1.82, 2.24) is 14.5 Å². The average molecular weight is 466 g/mol. The highest BCUT2D eigenvalue weighted by molar-refractivity contribution is 7.89. The van der Waals surface area contributed by atoms with Crippen molar-refractivity contribution in [2.75, 3.05) is 33.3 Å². The molecule has 8 nitrogen and oxygen atoms in total. The minimum atomic E-state index is -3.61. The van der Waals surface area contributed by atoms with Crippen molar-refractivity contribution in [3.05, 3.63) is 24.3 Å². The first-order chi connectivity index (χ1) is 15.2. The van der Waals surface area contributed by atoms with E-state index in [0.717, 1.165) is 25.9 Å². The fraction of sp³-hybridized carbons (Fsp3) is 0.652. The van der Waals surface area contributed by atoms with Gasteiger partial charge in [0.1, 0.15) is 11.8 Å². The van der Waals surface area contributed by atoms with Gasteiger partial charge in [0.2, 0.25) is 21.8 Å². The van der Waals surface area contributed by atoms with Crippen LogP contribution in [0.4, 0.5) is 0 Å². The number of hydrogen-bond donors (Lipinski definition) is 1. The highest BCUT2D eigenvalue weighted by atomic mass is 32.2. The third-order valence-electron chi connectivity index (χ3n) is 6.26. The number of hydrogen-bond acceptors (Lipinski definition) is 5. The number of likely N-dealkylation sites (tertiary alicyclic amines) is 1. The van der Waals surface area contributed by atoms with Gasteiger partial charge in [-0.25, -0.2) is 8.42 Å². The summed E-state index contributed by atoms with van der Waals surface area (Å²) >= 11 is 0. The van der Waals surface area contributed by atoms with E-state index in [9.17, 15) is 18.0 Å². The lowest BCUT2D eigenvalue weighted by Crippen LogP contribution is -2.51. The lowest BCUT2D eigenvalue weighted by molar-refractivity contribution is -0.137. The molecule has 2 aliphatic heterocycles. The van der Waals surface area contributed by atoms with Crippen LogP contribution in [0.1, 0.15) is 46.0 Å². The van der Waals surface area contributed by atoms with E-state index in [2.05, 4.69) is 5.32 Å². The largest absolute Gasteiger partial charge is 0.497 e. The Bertz CT molecular complexity index is 887. The Hall–Kier alpha value is -2.13. The van der Waals surface area contributed by atoms with Gasteiger partial charge in [0.15, 0.2) is 0 Å². The molecule has 2 heterocycles. The standard InChI is InChI=1S/C23H35N3O5S/c1-17(2)16-21(23(28)25-12-4-5-13-25)24-22(27)18-10-14-26(15-11-18)32(29,30)20-8-6-19(31-3)7-9-20/h6-9,17-18,21H,4-5,10-16H2,1-3H3,(H,24,27)/t21-/m1/s1. The summed E-state index contributed by atoms with van der Waals surface area (Å²) in [5.74, 6) is 0.439. The molecule has 1 aromatic carbocycles. The van der Waals surface area contributed by atoms with Crippen molar-refractivity contribution in [1.29, 1.82) is 0 Å². The van der Waals surface area contributed by atoms with Gasteiger partial charge in [0, 0.05) is 32.1 Å². The third-order valence-corrected chi connectivity index (χ3v) is 8.17. The molecule has 178 valence electrons. The van der Waals surface area contributed by atoms with E-state index in [1.165, 1.54) is 23.5 Å². The molecule has 3 rings (SSSR count). The van der Waals surface area contributed by atoms with Crippen LogP contribution >= 0.6 is 0 Å². The normalized spacial score (nSPS) is 19.2. The zero-order valence-corrected chi connectivity index (χ0v) is 20.1. The van der Waals surface area contributed by atoms with Crippen LogP contribution in [0.15, 0.2) is 29.2 Å². The van der Waals surface area contributed by atoms with E-state index >= 15 is 0 Å². The Labute approximate surface area is 191 Å². The van der Waals surface area contributed by atoms with Gasteiger partial charge in [0.05, 0.1) is 12.0 Å². The topological polar surface area (TPSA) is 96.0 Å². The maximum atomic E-state index is 12.9. The summed E-state index contributed by atoms with van der Waals surface area (Å²) in [4.78, 5) is 27.9. The van der Waals surface area contributed by atoms with Gasteiger partial charge in [-0.15, -0.1) is 0 Å². The van der Waals surface area contributed by atoms with Gasteiger partial charge in [0.25, 0.3) is 0 Å². The molecule has 0 saturated carbocycles. The molecular weight excluding hydrogens is 430 g/mol. The molecule has 1 N–H and O–H groups in total. The van der Waals surface area contributed by atoms with Crippen LogP contribution in [0.5, 0.6) is 5.75 Å². The molecule has 9 heteroatoms. The number of methoxy groups -OCH3 is 1. The van der Waals surface area contributed by atoms with E-state index < -0.39 is 16.1 Å². The van der Waals surface area contributed by atoms with E-state index in [-0.39, 0.29) is 41.6 Å². The lowest BCUT2D eigenvalue weighted by atomic mass is 9.95. The van der Waals surface area contributed by atoms with E-state index in [0.29, 0.717) is 25.0 Å². The van der Waals surface area contributed by atoms with Crippen molar-refractivity contribution >= 4 is 21.8 Å². The molecule has 0 spiro atoms. The number of piperidine rings is 1. The number of nitrogens with one attached hydrogen (secondary N) is 1. The zero-order chi connectivity index (χ0) is 23.3. The van der Waals surface area contributed by atoms with Crippen LogP contribution in [0.2, 0.25) is 0 Å². The minimum Gasteiger partial charge on any atom is -0.497 e. The molecule has 0 bridgehead atoms. The molecule has 0 radical (unpaired) electrons. The van der Waals surface area contributed by atoms with Gasteiger partial charge < -0.3 is 15.0 Å². The Morgan fingerprint density at radius 2 is 1.66 bits per heavy atom. The fourth-order valence-corrected chi connectivity index (χ4v) is 5.87. The Morgan fingerprint density at radius 1 is 1.06 bits per heavy atom. The van der Waals surface area contributed by atoms with Crippen LogP contribution in [-0.4, -0.2) is 68.8 Å². The monoisotopic (exact) mass is 465 g/mol. The summed E-state index contributed by atoms with van der Waals surface area (Å²) in [5, 5.41) is 2.98. The summed E-state index contributed by atoms with van der Waals surface area (Å²) in [7, 11) is -2.08. The first kappa shape index (κ1) is 24.5. The molecule has 2 aliphatic rings. The number of nitrogens with zero attached hydrogens (tertiary/aromatic N) is 2. The summed E-state index contributed by atoms with van der Waals surface area (Å²) in [6.07, 6.45) is 3.50. The summed E-state index contributed by atoms with van der Waals surface area (Å²) in [6.45, 7) is 6.15. The molecule has 0 aromatic heterocycles. The molecule has 32 heavy (non-hydrogen) atoms. The number of sulfonamides is 1. The van der Waals surface area contributed by atoms with Crippen molar-refractivity contribution in [3.63, 3.8) is 0 Å². The molecule has 2 amide bonds. The summed E-state index contributed by atoms with van der Waals surface area (Å²) < 4.78 is 32.4. The minimum absolute atomic E-state index is 0.00377. The molecule has 1 atom stereocenters. The second kappa shape index (κ2) is 10.7. The fourth-order valence-electron chi connectivity index (χ4n) is 4.40. The second-order valence-corrected chi connectivity index (χ2v) is 11.0. The number of ether oxygens (including phenoxy) is 1. The first-order valence-corrected chi connectivity index (χ1v) is 12.9. The predicted octanol–water partition coefficient (Wildman–Crippen LogP) is 2.25. The van der Waals surface area contributed by atoms with Crippen LogP contribution in [0.25, 0.3) is 0 Å². The molecule has 2 fully saturated rings. The Balaban J connectivity index is 1.59. The van der Waals surface area contributed by atoms with Gasteiger partial charge in [-0.3, -0.25) is 9.59 Å². The maximum Gasteiger partial charge on any atom is 0.245 e. The van der Waals surface area contributed by atoms with Gasteiger partial charge in [-0.05, 0) is 62.3 Å². The van der Waals surface area contributed by atoms with Crippen molar-refractivity contribution in [2.24, 2.45) is 11.8 Å². The molecule has 0 aliphatic carbocycles. The number of amides is 2. The molecule has 2 saturated heterocycles. The van der Waals surface area contributed by atoms with Gasteiger partial charge in [-0.2, -0.15) is 4.31 Å². The summed E-state index contributed by atoms with van der Waals surface area (Å²) in [6, 6.07) is 5.81. The highest BCUT2D eigenvalue weighted by Crippen LogP contribution is 2.25. The average Bonchev–Trinajstić information content (AvgIpc) is 3.33. The van der Waals surface area contributed by atoms with Crippen LogP contribution in [-0.2, 0) is 19.6 Å². The van der Waals surface area contributed by atoms with E-state index in [1.54, 1.807) is 12.1 Å². The molecule has 1 aromatic rings. The summed E-state index contributed by atoms with van der Waals surface area (Å²) in [5.41, 5.74) is 0. The van der Waals surface area contributed by atoms with Crippen molar-refractivity contribution in [2.45, 2.75) is 56.9 Å². The van der Waals surface area contributed by atoms with Crippen LogP contribution in [0, 0.1) is 11.8 Å². The number of rotatable bonds is 8. The second-order valence-electron chi connectivity index (χ2n) is 9.08. The van der Waals surface area contributed by atoms with Gasteiger partial charge in [-0.1, -0.05) is 13.8 Å². The molecular formula is C23H35N3O5S. The van der Waals surface area contributed by atoms with Crippen LogP contribution in [0.3, 0.4) is 0 Å². The number of carbonyl (C=O) groups is 2. The first-order valence-electron chi connectivity index (χ1n) is 11.5.